The van der Waals surface area contributed by atoms with Crippen LogP contribution in [0.1, 0.15) is 0 Å². The molecule has 0 aliphatic heterocycles. The third-order valence-electron chi connectivity index (χ3n) is 8.98. The minimum Gasteiger partial charge on any atom is -0.276 e. The zero-order valence-electron chi connectivity index (χ0n) is 23.5. The van der Waals surface area contributed by atoms with Crippen molar-refractivity contribution in [3.8, 4) is 17.2 Å². The molecule has 204 valence electrons. The maximum absolute atomic E-state index is 5.43. The van der Waals surface area contributed by atoms with Crippen molar-refractivity contribution in [2.75, 3.05) is 0 Å². The molecule has 44 heavy (non-hydrogen) atoms. The Morgan fingerprint density at radius 3 is 1.98 bits per heavy atom. The van der Waals surface area contributed by atoms with Crippen molar-refractivity contribution in [2.45, 2.75) is 0 Å². The molecule has 0 bridgehead atoms. The quantitative estimate of drug-likeness (QED) is 0.191. The molecule has 0 unspecified atom stereocenters. The second-order valence-corrected chi connectivity index (χ2v) is 12.4. The maximum Gasteiger partial charge on any atom is 0.235 e. The Labute approximate surface area is 256 Å². The van der Waals surface area contributed by atoms with Crippen LogP contribution < -0.4 is 0 Å². The summed E-state index contributed by atoms with van der Waals surface area (Å²) in [5.41, 5.74) is 5.26. The van der Waals surface area contributed by atoms with E-state index in [1.54, 1.807) is 0 Å². The first-order valence-corrected chi connectivity index (χ1v) is 15.7. The largest absolute Gasteiger partial charge is 0.276 e. The molecule has 0 aliphatic carbocycles. The van der Waals surface area contributed by atoms with E-state index >= 15 is 0 Å². The predicted molar refractivity (Wildman–Crippen MR) is 187 cm³/mol. The summed E-state index contributed by atoms with van der Waals surface area (Å²) in [6.07, 6.45) is 0. The molecule has 3 nitrogen and oxygen atoms in total. The number of para-hydroxylation sites is 1. The summed E-state index contributed by atoms with van der Waals surface area (Å²) in [6.45, 7) is 0. The van der Waals surface area contributed by atoms with Crippen LogP contribution in [0.3, 0.4) is 0 Å². The molecule has 10 aromatic rings. The van der Waals surface area contributed by atoms with Crippen LogP contribution in [0.4, 0.5) is 0 Å². The zero-order valence-corrected chi connectivity index (χ0v) is 24.3. The highest BCUT2D eigenvalue weighted by molar-refractivity contribution is 7.27. The molecule has 0 radical (unpaired) electrons. The number of nitrogens with zero attached hydrogens (tertiary/aromatic N) is 3. The Morgan fingerprint density at radius 1 is 0.477 bits per heavy atom. The van der Waals surface area contributed by atoms with E-state index in [2.05, 4.69) is 144 Å². The van der Waals surface area contributed by atoms with Crippen molar-refractivity contribution in [3.63, 3.8) is 0 Å². The van der Waals surface area contributed by atoms with E-state index in [1.807, 2.05) is 11.3 Å². The van der Waals surface area contributed by atoms with E-state index in [-0.39, 0.29) is 0 Å². The van der Waals surface area contributed by atoms with Crippen LogP contribution in [0, 0.1) is 0 Å². The van der Waals surface area contributed by atoms with Crippen LogP contribution in [0.15, 0.2) is 140 Å². The van der Waals surface area contributed by atoms with Gasteiger partial charge in [0.15, 0.2) is 0 Å². The fourth-order valence-electron chi connectivity index (χ4n) is 7.10. The topological polar surface area (TPSA) is 30.7 Å². The van der Waals surface area contributed by atoms with Crippen LogP contribution in [0.25, 0.3) is 91.6 Å². The highest BCUT2D eigenvalue weighted by Gasteiger charge is 2.23. The SMILES string of the molecule is c1ccc(-c2nc(-n3c4ccccc4c4c5ccccc5c5c6ccccc6sc5c43)nc3c2ccc2ccccc23)cc1. The Bertz CT molecular complexity index is 2770. The van der Waals surface area contributed by atoms with E-state index < -0.39 is 0 Å². The lowest BCUT2D eigenvalue weighted by Gasteiger charge is -2.14. The van der Waals surface area contributed by atoms with Crippen molar-refractivity contribution >= 4 is 85.8 Å². The van der Waals surface area contributed by atoms with Gasteiger partial charge in [-0.15, -0.1) is 11.3 Å². The highest BCUT2D eigenvalue weighted by Crippen LogP contribution is 2.47. The van der Waals surface area contributed by atoms with Gasteiger partial charge in [-0.1, -0.05) is 121 Å². The van der Waals surface area contributed by atoms with Crippen LogP contribution >= 0.6 is 11.3 Å². The average molecular weight is 578 g/mol. The molecule has 3 aromatic heterocycles. The van der Waals surface area contributed by atoms with E-state index in [1.165, 1.54) is 52.6 Å². The summed E-state index contributed by atoms with van der Waals surface area (Å²) in [7, 11) is 0. The average Bonchev–Trinajstić information content (AvgIpc) is 3.65. The van der Waals surface area contributed by atoms with Crippen molar-refractivity contribution in [2.24, 2.45) is 0 Å². The summed E-state index contributed by atoms with van der Waals surface area (Å²) in [4.78, 5) is 10.8. The molecule has 0 saturated heterocycles. The second kappa shape index (κ2) is 8.96. The number of aromatic nitrogens is 3. The van der Waals surface area contributed by atoms with E-state index in [9.17, 15) is 0 Å². The van der Waals surface area contributed by atoms with E-state index in [0.29, 0.717) is 5.95 Å². The van der Waals surface area contributed by atoms with Crippen LogP contribution in [0.5, 0.6) is 0 Å². The van der Waals surface area contributed by atoms with Gasteiger partial charge in [0.2, 0.25) is 5.95 Å². The molecule has 0 fully saturated rings. The number of fused-ring (bicyclic) bond motifs is 13. The third kappa shape index (κ3) is 3.20. The standard InChI is InChI=1S/C40H23N3S/c1-2-13-25(14-3-1)36-31-23-22-24-12-4-5-15-26(24)37(31)42-40(41-36)43-32-20-10-8-18-29(32)34-27-16-6-7-17-28(27)35-30-19-9-11-21-33(30)44-39(35)38(34)43/h1-23H. The third-order valence-corrected chi connectivity index (χ3v) is 10.2. The van der Waals surface area contributed by atoms with Gasteiger partial charge in [-0.2, -0.15) is 0 Å². The van der Waals surface area contributed by atoms with Gasteiger partial charge < -0.3 is 0 Å². The van der Waals surface area contributed by atoms with Gasteiger partial charge >= 0.3 is 0 Å². The summed E-state index contributed by atoms with van der Waals surface area (Å²) < 4.78 is 4.87. The van der Waals surface area contributed by atoms with Gasteiger partial charge in [-0.3, -0.25) is 4.57 Å². The summed E-state index contributed by atoms with van der Waals surface area (Å²) in [5, 5.41) is 10.9. The molecule has 0 spiro atoms. The van der Waals surface area contributed by atoms with Crippen molar-refractivity contribution < 1.29 is 0 Å². The number of benzene rings is 7. The fourth-order valence-corrected chi connectivity index (χ4v) is 8.36. The Kier molecular flexibility index (Phi) is 4.87. The van der Waals surface area contributed by atoms with Crippen LogP contribution in [-0.4, -0.2) is 14.5 Å². The Balaban J connectivity index is 1.47. The summed E-state index contributed by atoms with van der Waals surface area (Å²) in [5.74, 6) is 0.688. The van der Waals surface area contributed by atoms with E-state index in [4.69, 9.17) is 9.97 Å². The van der Waals surface area contributed by atoms with Gasteiger partial charge in [0, 0.05) is 42.6 Å². The van der Waals surface area contributed by atoms with Crippen molar-refractivity contribution in [1.82, 2.24) is 14.5 Å². The highest BCUT2D eigenvalue weighted by atomic mass is 32.1. The van der Waals surface area contributed by atoms with Crippen LogP contribution in [-0.2, 0) is 0 Å². The first-order valence-electron chi connectivity index (χ1n) is 14.9. The number of rotatable bonds is 2. The Morgan fingerprint density at radius 2 is 1.14 bits per heavy atom. The smallest absolute Gasteiger partial charge is 0.235 e. The van der Waals surface area contributed by atoms with Gasteiger partial charge in [-0.05, 0) is 34.4 Å². The fraction of sp³-hybridized carbons (Fsp3) is 0. The summed E-state index contributed by atoms with van der Waals surface area (Å²) in [6, 6.07) is 49.7. The number of hydrogen-bond donors (Lipinski definition) is 0. The lowest BCUT2D eigenvalue weighted by molar-refractivity contribution is 1.02. The minimum atomic E-state index is 0.688. The van der Waals surface area contributed by atoms with Crippen LogP contribution in [0.2, 0.25) is 0 Å². The number of hydrogen-bond acceptors (Lipinski definition) is 3. The van der Waals surface area contributed by atoms with Gasteiger partial charge in [0.25, 0.3) is 0 Å². The molecule has 7 aromatic carbocycles. The molecule has 0 saturated carbocycles. The second-order valence-electron chi connectivity index (χ2n) is 11.3. The van der Waals surface area contributed by atoms with Crippen molar-refractivity contribution in [3.05, 3.63) is 140 Å². The monoisotopic (exact) mass is 577 g/mol. The van der Waals surface area contributed by atoms with Gasteiger partial charge in [0.05, 0.1) is 26.9 Å². The van der Waals surface area contributed by atoms with E-state index in [0.717, 1.165) is 33.1 Å². The van der Waals surface area contributed by atoms with Gasteiger partial charge in [0.1, 0.15) is 0 Å². The molecule has 0 atom stereocenters. The van der Waals surface area contributed by atoms with Gasteiger partial charge in [-0.25, -0.2) is 9.97 Å². The zero-order chi connectivity index (χ0) is 28.8. The first kappa shape index (κ1) is 23.9. The first-order chi connectivity index (χ1) is 21.8. The maximum atomic E-state index is 5.43. The lowest BCUT2D eigenvalue weighted by atomic mass is 9.99. The molecule has 4 heteroatoms. The minimum absolute atomic E-state index is 0.688. The molecule has 0 amide bonds. The Hall–Kier alpha value is -5.58. The lowest BCUT2D eigenvalue weighted by Crippen LogP contribution is -2.04. The molecule has 3 heterocycles. The molecular weight excluding hydrogens is 555 g/mol. The summed E-state index contributed by atoms with van der Waals surface area (Å²) >= 11 is 1.86. The molecule has 0 aliphatic rings. The molecular formula is C40H23N3S. The molecule has 10 rings (SSSR count). The number of thiophene rings is 1. The molecule has 0 N–H and O–H groups in total. The predicted octanol–water partition coefficient (Wildman–Crippen LogP) is 11.1. The normalized spacial score (nSPS) is 12.1. The van der Waals surface area contributed by atoms with Crippen molar-refractivity contribution in [1.29, 1.82) is 0 Å².